The van der Waals surface area contributed by atoms with Crippen molar-refractivity contribution >= 4 is 0 Å². The van der Waals surface area contributed by atoms with E-state index in [1.165, 1.54) is 19.3 Å². The quantitative estimate of drug-likeness (QED) is 0.659. The molecule has 1 aliphatic heterocycles. The second kappa shape index (κ2) is 5.95. The van der Waals surface area contributed by atoms with Gasteiger partial charge in [0.1, 0.15) is 0 Å². The Bertz CT molecular complexity index is 170. The van der Waals surface area contributed by atoms with Gasteiger partial charge in [-0.1, -0.05) is 0 Å². The minimum Gasteiger partial charge on any atom is -0.377 e. The molecule has 3 heteroatoms. The van der Waals surface area contributed by atoms with Gasteiger partial charge >= 0.3 is 0 Å². The van der Waals surface area contributed by atoms with Gasteiger partial charge in [0, 0.05) is 26.1 Å². The maximum atomic E-state index is 8.41. The lowest BCUT2D eigenvalue weighted by atomic mass is 10.1. The van der Waals surface area contributed by atoms with Gasteiger partial charge in [0.25, 0.3) is 0 Å². The maximum absolute atomic E-state index is 8.41. The second-order valence-corrected chi connectivity index (χ2v) is 3.66. The van der Waals surface area contributed by atoms with Gasteiger partial charge in [-0.3, -0.25) is 0 Å². The molecule has 1 unspecified atom stereocenters. The third-order valence-corrected chi connectivity index (χ3v) is 2.39. The summed E-state index contributed by atoms with van der Waals surface area (Å²) in [7, 11) is 2.05. The molecule has 3 nitrogen and oxygen atoms in total. The van der Waals surface area contributed by atoms with Gasteiger partial charge in [-0.15, -0.1) is 0 Å². The largest absolute Gasteiger partial charge is 0.377 e. The highest BCUT2D eigenvalue weighted by Crippen LogP contribution is 2.13. The van der Waals surface area contributed by atoms with Gasteiger partial charge in [-0.05, 0) is 26.3 Å². The van der Waals surface area contributed by atoms with Crippen LogP contribution < -0.4 is 0 Å². The predicted molar refractivity (Wildman–Crippen MR) is 51.3 cm³/mol. The molecular weight excluding hydrogens is 164 g/mol. The molecule has 1 atom stereocenters. The monoisotopic (exact) mass is 182 g/mol. The van der Waals surface area contributed by atoms with Crippen molar-refractivity contribution in [3.05, 3.63) is 0 Å². The van der Waals surface area contributed by atoms with Crippen LogP contribution in [0, 0.1) is 11.3 Å². The van der Waals surface area contributed by atoms with Crippen LogP contribution in [0.2, 0.25) is 0 Å². The summed E-state index contributed by atoms with van der Waals surface area (Å²) < 4.78 is 5.60. The van der Waals surface area contributed by atoms with E-state index in [2.05, 4.69) is 18.0 Å². The Labute approximate surface area is 80.3 Å². The van der Waals surface area contributed by atoms with E-state index in [-0.39, 0.29) is 0 Å². The first-order chi connectivity index (χ1) is 6.33. The van der Waals surface area contributed by atoms with Crippen LogP contribution in [0.5, 0.6) is 0 Å². The summed E-state index contributed by atoms with van der Waals surface area (Å²) in [4.78, 5) is 2.18. The summed E-state index contributed by atoms with van der Waals surface area (Å²) in [5, 5.41) is 8.41. The number of nitrogens with zero attached hydrogens (tertiary/aromatic N) is 2. The van der Waals surface area contributed by atoms with Crippen molar-refractivity contribution in [2.75, 3.05) is 26.7 Å². The first-order valence-corrected chi connectivity index (χ1v) is 5.00. The first kappa shape index (κ1) is 10.5. The van der Waals surface area contributed by atoms with Gasteiger partial charge in [0.05, 0.1) is 12.2 Å². The van der Waals surface area contributed by atoms with E-state index in [9.17, 15) is 0 Å². The Kier molecular flexibility index (Phi) is 4.81. The van der Waals surface area contributed by atoms with Crippen molar-refractivity contribution in [1.29, 1.82) is 5.26 Å². The van der Waals surface area contributed by atoms with E-state index < -0.39 is 0 Å². The third-order valence-electron chi connectivity index (χ3n) is 2.39. The highest BCUT2D eigenvalue weighted by molar-refractivity contribution is 4.73. The number of hydrogen-bond acceptors (Lipinski definition) is 3. The second-order valence-electron chi connectivity index (χ2n) is 3.66. The van der Waals surface area contributed by atoms with Crippen LogP contribution in [0.15, 0.2) is 0 Å². The van der Waals surface area contributed by atoms with Crippen LogP contribution in [0.3, 0.4) is 0 Å². The average Bonchev–Trinajstić information content (AvgIpc) is 2.16. The van der Waals surface area contributed by atoms with E-state index in [0.717, 1.165) is 19.7 Å². The summed E-state index contributed by atoms with van der Waals surface area (Å²) >= 11 is 0. The van der Waals surface area contributed by atoms with Crippen molar-refractivity contribution in [3.63, 3.8) is 0 Å². The summed E-state index contributed by atoms with van der Waals surface area (Å²) in [5.74, 6) is 0. The van der Waals surface area contributed by atoms with E-state index in [0.29, 0.717) is 12.5 Å². The van der Waals surface area contributed by atoms with Crippen molar-refractivity contribution in [3.8, 4) is 6.07 Å². The Hall–Kier alpha value is -0.590. The van der Waals surface area contributed by atoms with Gasteiger partial charge in [0.15, 0.2) is 0 Å². The molecule has 0 aromatic rings. The Morgan fingerprint density at radius 2 is 2.38 bits per heavy atom. The third kappa shape index (κ3) is 4.25. The molecule has 1 aliphatic rings. The number of rotatable bonds is 4. The number of hydrogen-bond donors (Lipinski definition) is 0. The zero-order valence-electron chi connectivity index (χ0n) is 8.33. The van der Waals surface area contributed by atoms with E-state index in [1.807, 2.05) is 0 Å². The number of ether oxygens (including phenoxy) is 1. The molecule has 1 heterocycles. The molecule has 0 radical (unpaired) electrons. The lowest BCUT2D eigenvalue weighted by Crippen LogP contribution is -2.33. The highest BCUT2D eigenvalue weighted by atomic mass is 16.5. The van der Waals surface area contributed by atoms with E-state index in [4.69, 9.17) is 10.00 Å². The molecule has 0 aliphatic carbocycles. The summed E-state index contributed by atoms with van der Waals surface area (Å²) in [6.07, 6.45) is 4.69. The molecule has 1 rings (SSSR count). The van der Waals surface area contributed by atoms with Crippen LogP contribution in [0.1, 0.15) is 25.7 Å². The van der Waals surface area contributed by atoms with Gasteiger partial charge in [0.2, 0.25) is 0 Å². The Morgan fingerprint density at radius 1 is 1.54 bits per heavy atom. The summed E-state index contributed by atoms with van der Waals surface area (Å²) in [6, 6.07) is 2.15. The van der Waals surface area contributed by atoms with Crippen LogP contribution in [-0.4, -0.2) is 37.7 Å². The Balaban J connectivity index is 2.11. The van der Waals surface area contributed by atoms with Gasteiger partial charge < -0.3 is 9.64 Å². The van der Waals surface area contributed by atoms with Crippen LogP contribution in [0.4, 0.5) is 0 Å². The fourth-order valence-corrected chi connectivity index (χ4v) is 1.63. The van der Waals surface area contributed by atoms with Crippen LogP contribution in [0.25, 0.3) is 0 Å². The Morgan fingerprint density at radius 3 is 3.00 bits per heavy atom. The molecule has 1 saturated heterocycles. The number of likely N-dealkylation sites (N-methyl/N-ethyl adjacent to an activating group) is 1. The maximum Gasteiger partial charge on any atom is 0.0701 e. The molecular formula is C10H18N2O. The van der Waals surface area contributed by atoms with E-state index in [1.54, 1.807) is 0 Å². The molecule has 74 valence electrons. The van der Waals surface area contributed by atoms with Crippen molar-refractivity contribution in [2.45, 2.75) is 31.8 Å². The van der Waals surface area contributed by atoms with Gasteiger partial charge in [-0.25, -0.2) is 0 Å². The molecule has 0 amide bonds. The smallest absolute Gasteiger partial charge is 0.0701 e. The lowest BCUT2D eigenvalue weighted by molar-refractivity contribution is -0.00111. The zero-order valence-corrected chi connectivity index (χ0v) is 8.33. The molecule has 1 fully saturated rings. The molecule has 0 aromatic heterocycles. The number of nitriles is 1. The minimum atomic E-state index is 0.400. The molecule has 13 heavy (non-hydrogen) atoms. The SMILES string of the molecule is CN(CCC#N)CC1CCCCO1. The van der Waals surface area contributed by atoms with Crippen LogP contribution in [-0.2, 0) is 4.74 Å². The van der Waals surface area contributed by atoms with Gasteiger partial charge in [-0.2, -0.15) is 5.26 Å². The van der Waals surface area contributed by atoms with Crippen molar-refractivity contribution in [2.24, 2.45) is 0 Å². The van der Waals surface area contributed by atoms with Crippen LogP contribution >= 0.6 is 0 Å². The first-order valence-electron chi connectivity index (χ1n) is 5.00. The van der Waals surface area contributed by atoms with E-state index >= 15 is 0 Å². The van der Waals surface area contributed by atoms with Crippen molar-refractivity contribution in [1.82, 2.24) is 4.90 Å². The predicted octanol–water partition coefficient (Wildman–Crippen LogP) is 1.40. The molecule has 0 bridgehead atoms. The fraction of sp³-hybridized carbons (Fsp3) is 0.900. The lowest BCUT2D eigenvalue weighted by Gasteiger charge is -2.26. The summed E-state index contributed by atoms with van der Waals surface area (Å²) in [6.45, 7) is 2.74. The average molecular weight is 182 g/mol. The topological polar surface area (TPSA) is 36.3 Å². The molecule has 0 saturated carbocycles. The summed E-state index contributed by atoms with van der Waals surface area (Å²) in [5.41, 5.74) is 0. The fourth-order valence-electron chi connectivity index (χ4n) is 1.63. The standard InChI is InChI=1S/C10H18N2O/c1-12(7-4-6-11)9-10-5-2-3-8-13-10/h10H,2-5,7-9H2,1H3. The molecule has 0 N–H and O–H groups in total. The highest BCUT2D eigenvalue weighted by Gasteiger charge is 2.15. The zero-order chi connectivity index (χ0) is 9.52. The molecule has 0 aromatic carbocycles. The van der Waals surface area contributed by atoms with Crippen molar-refractivity contribution < 1.29 is 4.74 Å². The molecule has 0 spiro atoms. The minimum absolute atomic E-state index is 0.400. The normalized spacial score (nSPS) is 23.0.